The zero-order valence-electron chi connectivity index (χ0n) is 13.8. The van der Waals surface area contributed by atoms with Crippen molar-refractivity contribution in [3.63, 3.8) is 0 Å². The van der Waals surface area contributed by atoms with Crippen LogP contribution in [0.3, 0.4) is 0 Å². The fraction of sp³-hybridized carbons (Fsp3) is 0.588. The Kier molecular flexibility index (Phi) is 8.32. The molecule has 0 aliphatic heterocycles. The van der Waals surface area contributed by atoms with Crippen LogP contribution in [-0.4, -0.2) is 32.2 Å². The molecule has 118 valence electrons. The second-order valence-electron chi connectivity index (χ2n) is 5.33. The molecule has 0 heterocycles. The van der Waals surface area contributed by atoms with E-state index in [0.717, 1.165) is 37.8 Å². The lowest BCUT2D eigenvalue weighted by Crippen LogP contribution is -2.38. The smallest absolute Gasteiger partial charge is 0.191 e. The van der Waals surface area contributed by atoms with Gasteiger partial charge in [0.25, 0.3) is 0 Å². The summed E-state index contributed by atoms with van der Waals surface area (Å²) >= 11 is 0. The van der Waals surface area contributed by atoms with Gasteiger partial charge >= 0.3 is 0 Å². The second kappa shape index (κ2) is 10.1. The molecule has 0 radical (unpaired) electrons. The normalized spacial score (nSPS) is 11.6. The van der Waals surface area contributed by atoms with Crippen molar-refractivity contribution in [3.05, 3.63) is 29.8 Å². The first-order valence-electron chi connectivity index (χ1n) is 7.90. The zero-order chi connectivity index (χ0) is 15.5. The Bertz CT molecular complexity index is 430. The second-order valence-corrected chi connectivity index (χ2v) is 5.33. The van der Waals surface area contributed by atoms with Crippen LogP contribution in [0.2, 0.25) is 0 Å². The van der Waals surface area contributed by atoms with Gasteiger partial charge in [-0.2, -0.15) is 0 Å². The molecule has 0 saturated heterocycles. The predicted octanol–water partition coefficient (Wildman–Crippen LogP) is 2.84. The van der Waals surface area contributed by atoms with E-state index in [4.69, 9.17) is 4.74 Å². The number of ether oxygens (including phenoxy) is 1. The molecule has 2 N–H and O–H groups in total. The first-order chi connectivity index (χ1) is 10.2. The lowest BCUT2D eigenvalue weighted by Gasteiger charge is -2.13. The third-order valence-corrected chi connectivity index (χ3v) is 2.92. The van der Waals surface area contributed by atoms with E-state index >= 15 is 0 Å². The highest BCUT2D eigenvalue weighted by Crippen LogP contribution is 2.17. The first kappa shape index (κ1) is 17.3. The van der Waals surface area contributed by atoms with Crippen LogP contribution in [0.1, 0.15) is 33.3 Å². The number of para-hydroxylation sites is 1. The van der Waals surface area contributed by atoms with E-state index < -0.39 is 0 Å². The molecule has 0 bridgehead atoms. The summed E-state index contributed by atoms with van der Waals surface area (Å²) in [6, 6.07) is 8.20. The van der Waals surface area contributed by atoms with Crippen molar-refractivity contribution in [1.29, 1.82) is 0 Å². The number of benzene rings is 1. The van der Waals surface area contributed by atoms with Crippen LogP contribution >= 0.6 is 0 Å². The van der Waals surface area contributed by atoms with Gasteiger partial charge in [0.15, 0.2) is 5.96 Å². The van der Waals surface area contributed by atoms with Crippen LogP contribution in [0.15, 0.2) is 29.3 Å². The Morgan fingerprint density at radius 3 is 2.62 bits per heavy atom. The Hall–Kier alpha value is -1.71. The van der Waals surface area contributed by atoms with Gasteiger partial charge in [-0.1, -0.05) is 32.0 Å². The fourth-order valence-corrected chi connectivity index (χ4v) is 1.94. The van der Waals surface area contributed by atoms with Gasteiger partial charge in [0.2, 0.25) is 0 Å². The first-order valence-corrected chi connectivity index (χ1v) is 7.90. The molecule has 0 aromatic heterocycles. The minimum absolute atomic E-state index is 0.569. The minimum Gasteiger partial charge on any atom is -0.494 e. The summed E-state index contributed by atoms with van der Waals surface area (Å²) in [5, 5.41) is 6.65. The molecule has 1 aromatic carbocycles. The molecule has 4 heteroatoms. The van der Waals surface area contributed by atoms with Crippen LogP contribution in [-0.2, 0) is 6.42 Å². The Labute approximate surface area is 129 Å². The van der Waals surface area contributed by atoms with Crippen molar-refractivity contribution < 1.29 is 4.74 Å². The van der Waals surface area contributed by atoms with Crippen molar-refractivity contribution in [3.8, 4) is 5.75 Å². The fourth-order valence-electron chi connectivity index (χ4n) is 1.94. The standard InChI is InChI=1S/C17H29N3O/c1-5-18-17(20-13-14(3)4)19-12-11-15-9-7-8-10-16(15)21-6-2/h7-10,14H,5-6,11-13H2,1-4H3,(H2,18,19,20). The topological polar surface area (TPSA) is 45.7 Å². The molecule has 0 saturated carbocycles. The van der Waals surface area contributed by atoms with E-state index in [9.17, 15) is 0 Å². The number of guanidine groups is 1. The SMILES string of the molecule is CCNC(=NCC(C)C)NCCc1ccccc1OCC. The zero-order valence-corrected chi connectivity index (χ0v) is 13.8. The summed E-state index contributed by atoms with van der Waals surface area (Å²) in [7, 11) is 0. The van der Waals surface area contributed by atoms with Crippen molar-refractivity contribution >= 4 is 5.96 Å². The molecule has 0 aliphatic carbocycles. The Morgan fingerprint density at radius 2 is 1.95 bits per heavy atom. The molecule has 21 heavy (non-hydrogen) atoms. The van der Waals surface area contributed by atoms with Gasteiger partial charge < -0.3 is 15.4 Å². The molecular weight excluding hydrogens is 262 g/mol. The maximum atomic E-state index is 5.65. The quantitative estimate of drug-likeness (QED) is 0.572. The van der Waals surface area contributed by atoms with E-state index in [1.807, 2.05) is 19.1 Å². The molecule has 0 atom stereocenters. The monoisotopic (exact) mass is 291 g/mol. The van der Waals surface area contributed by atoms with Gasteiger partial charge in [0.1, 0.15) is 5.75 Å². The van der Waals surface area contributed by atoms with Crippen LogP contribution in [0.25, 0.3) is 0 Å². The average molecular weight is 291 g/mol. The number of nitrogens with zero attached hydrogens (tertiary/aromatic N) is 1. The molecule has 0 fully saturated rings. The molecule has 0 amide bonds. The van der Waals surface area contributed by atoms with Gasteiger partial charge in [0, 0.05) is 19.6 Å². The van der Waals surface area contributed by atoms with Gasteiger partial charge in [-0.15, -0.1) is 0 Å². The van der Waals surface area contributed by atoms with E-state index in [2.05, 4.69) is 48.5 Å². The highest BCUT2D eigenvalue weighted by molar-refractivity contribution is 5.79. The van der Waals surface area contributed by atoms with Gasteiger partial charge in [-0.3, -0.25) is 4.99 Å². The minimum atomic E-state index is 0.569. The Morgan fingerprint density at radius 1 is 1.19 bits per heavy atom. The summed E-state index contributed by atoms with van der Waals surface area (Å²) in [6.45, 7) is 11.7. The van der Waals surface area contributed by atoms with E-state index in [1.54, 1.807) is 0 Å². The highest BCUT2D eigenvalue weighted by atomic mass is 16.5. The summed E-state index contributed by atoms with van der Waals surface area (Å²) < 4.78 is 5.65. The van der Waals surface area contributed by atoms with E-state index in [0.29, 0.717) is 12.5 Å². The third kappa shape index (κ3) is 7.02. The van der Waals surface area contributed by atoms with E-state index in [-0.39, 0.29) is 0 Å². The molecule has 1 rings (SSSR count). The molecule has 0 spiro atoms. The summed E-state index contributed by atoms with van der Waals surface area (Å²) in [4.78, 5) is 4.57. The van der Waals surface area contributed by atoms with Crippen LogP contribution in [0.5, 0.6) is 5.75 Å². The maximum Gasteiger partial charge on any atom is 0.191 e. The predicted molar refractivity (Wildman–Crippen MR) is 90.1 cm³/mol. The van der Waals surface area contributed by atoms with Crippen LogP contribution in [0.4, 0.5) is 0 Å². The molecule has 4 nitrogen and oxygen atoms in total. The van der Waals surface area contributed by atoms with Gasteiger partial charge in [0.05, 0.1) is 6.61 Å². The highest BCUT2D eigenvalue weighted by Gasteiger charge is 2.03. The number of hydrogen-bond acceptors (Lipinski definition) is 2. The molecule has 0 unspecified atom stereocenters. The lowest BCUT2D eigenvalue weighted by molar-refractivity contribution is 0.336. The average Bonchev–Trinajstić information content (AvgIpc) is 2.46. The van der Waals surface area contributed by atoms with Gasteiger partial charge in [-0.05, 0) is 37.8 Å². The maximum absolute atomic E-state index is 5.65. The van der Waals surface area contributed by atoms with Gasteiger partial charge in [-0.25, -0.2) is 0 Å². The molecule has 1 aromatic rings. The lowest BCUT2D eigenvalue weighted by atomic mass is 10.1. The molecule has 0 aliphatic rings. The summed E-state index contributed by atoms with van der Waals surface area (Å²) in [5.74, 6) is 2.44. The largest absolute Gasteiger partial charge is 0.494 e. The summed E-state index contributed by atoms with van der Waals surface area (Å²) in [6.07, 6.45) is 0.919. The van der Waals surface area contributed by atoms with E-state index in [1.165, 1.54) is 5.56 Å². The van der Waals surface area contributed by atoms with Crippen molar-refractivity contribution in [2.75, 3.05) is 26.2 Å². The number of nitrogens with one attached hydrogen (secondary N) is 2. The Balaban J connectivity index is 2.52. The van der Waals surface area contributed by atoms with Crippen molar-refractivity contribution in [2.24, 2.45) is 10.9 Å². The third-order valence-electron chi connectivity index (χ3n) is 2.92. The number of rotatable bonds is 8. The van der Waals surface area contributed by atoms with Crippen molar-refractivity contribution in [1.82, 2.24) is 10.6 Å². The number of aliphatic imine (C=N–C) groups is 1. The van der Waals surface area contributed by atoms with Crippen LogP contribution in [0, 0.1) is 5.92 Å². The van der Waals surface area contributed by atoms with Crippen LogP contribution < -0.4 is 15.4 Å². The molecular formula is C17H29N3O. The number of hydrogen-bond donors (Lipinski definition) is 2. The van der Waals surface area contributed by atoms with Crippen molar-refractivity contribution in [2.45, 2.75) is 34.1 Å². The summed E-state index contributed by atoms with van der Waals surface area (Å²) in [5.41, 5.74) is 1.23.